The van der Waals surface area contributed by atoms with Crippen molar-refractivity contribution < 1.29 is 13.6 Å². The molecule has 0 saturated carbocycles. The molecule has 2 heterocycles. The van der Waals surface area contributed by atoms with Crippen LogP contribution in [0.25, 0.3) is 0 Å². The molecule has 1 amide bonds. The van der Waals surface area contributed by atoms with Crippen LogP contribution in [0.5, 0.6) is 0 Å². The molecule has 104 valence electrons. The lowest BCUT2D eigenvalue weighted by Gasteiger charge is -2.37. The second-order valence-electron chi connectivity index (χ2n) is 5.07. The van der Waals surface area contributed by atoms with E-state index in [1.807, 2.05) is 6.92 Å². The molecule has 6 heteroatoms. The molecule has 4 nitrogen and oxygen atoms in total. The average molecular weight is 261 g/mol. The number of nitrogens with zero attached hydrogens (tertiary/aromatic N) is 2. The predicted molar refractivity (Wildman–Crippen MR) is 64.9 cm³/mol. The van der Waals surface area contributed by atoms with E-state index in [0.717, 1.165) is 26.2 Å². The van der Waals surface area contributed by atoms with E-state index < -0.39 is 12.3 Å². The van der Waals surface area contributed by atoms with Crippen molar-refractivity contribution in [2.75, 3.05) is 39.3 Å². The lowest BCUT2D eigenvalue weighted by Crippen LogP contribution is -2.56. The van der Waals surface area contributed by atoms with Gasteiger partial charge in [-0.25, -0.2) is 8.78 Å². The second kappa shape index (κ2) is 5.93. The molecule has 1 N–H and O–H groups in total. The topological polar surface area (TPSA) is 35.6 Å². The van der Waals surface area contributed by atoms with Crippen molar-refractivity contribution in [1.82, 2.24) is 15.1 Å². The summed E-state index contributed by atoms with van der Waals surface area (Å²) in [5.41, 5.74) is 0. The standard InChI is InChI=1S/C12H21F2N3O/c1-9(16-6-3-15-4-7-16)12(18)17-5-2-10(13)11(14)8-17/h9-11,15H,2-8H2,1H3. The van der Waals surface area contributed by atoms with Crippen LogP contribution >= 0.6 is 0 Å². The summed E-state index contributed by atoms with van der Waals surface area (Å²) < 4.78 is 26.3. The SMILES string of the molecule is CC(C(=O)N1CCC(F)C(F)C1)N1CCNCC1. The maximum atomic E-state index is 13.3. The largest absolute Gasteiger partial charge is 0.338 e. The predicted octanol–water partition coefficient (Wildman–Crippen LogP) is 0.189. The molecule has 3 atom stereocenters. The number of halogens is 2. The van der Waals surface area contributed by atoms with Gasteiger partial charge in [-0.2, -0.15) is 0 Å². The van der Waals surface area contributed by atoms with Crippen LogP contribution in [0, 0.1) is 0 Å². The van der Waals surface area contributed by atoms with E-state index in [4.69, 9.17) is 0 Å². The van der Waals surface area contributed by atoms with Crippen LogP contribution in [0.2, 0.25) is 0 Å². The average Bonchev–Trinajstić information content (AvgIpc) is 2.41. The van der Waals surface area contributed by atoms with Gasteiger partial charge >= 0.3 is 0 Å². The van der Waals surface area contributed by atoms with Crippen LogP contribution in [0.3, 0.4) is 0 Å². The minimum absolute atomic E-state index is 0.0774. The molecule has 0 spiro atoms. The molecule has 0 aromatic carbocycles. The van der Waals surface area contributed by atoms with Gasteiger partial charge in [-0.1, -0.05) is 0 Å². The summed E-state index contributed by atoms with van der Waals surface area (Å²) in [6.07, 6.45) is -2.83. The maximum Gasteiger partial charge on any atom is 0.239 e. The molecule has 0 aromatic rings. The van der Waals surface area contributed by atoms with E-state index in [9.17, 15) is 13.6 Å². The van der Waals surface area contributed by atoms with Gasteiger partial charge < -0.3 is 10.2 Å². The normalized spacial score (nSPS) is 32.3. The van der Waals surface area contributed by atoms with E-state index in [0.29, 0.717) is 6.54 Å². The van der Waals surface area contributed by atoms with Crippen LogP contribution in [0.15, 0.2) is 0 Å². The minimum atomic E-state index is -1.53. The monoisotopic (exact) mass is 261 g/mol. The van der Waals surface area contributed by atoms with E-state index in [2.05, 4.69) is 10.2 Å². The van der Waals surface area contributed by atoms with Crippen molar-refractivity contribution in [3.63, 3.8) is 0 Å². The van der Waals surface area contributed by atoms with Crippen molar-refractivity contribution in [1.29, 1.82) is 0 Å². The highest BCUT2D eigenvalue weighted by Crippen LogP contribution is 2.18. The molecule has 0 aromatic heterocycles. The number of alkyl halides is 2. The van der Waals surface area contributed by atoms with Crippen molar-refractivity contribution in [2.45, 2.75) is 31.7 Å². The molecule has 3 unspecified atom stereocenters. The lowest BCUT2D eigenvalue weighted by atomic mass is 10.1. The Hall–Kier alpha value is -0.750. The highest BCUT2D eigenvalue weighted by Gasteiger charge is 2.34. The van der Waals surface area contributed by atoms with Crippen molar-refractivity contribution in [2.24, 2.45) is 0 Å². The van der Waals surface area contributed by atoms with Gasteiger partial charge in [-0.3, -0.25) is 9.69 Å². The van der Waals surface area contributed by atoms with Crippen molar-refractivity contribution in [3.05, 3.63) is 0 Å². The quantitative estimate of drug-likeness (QED) is 0.771. The number of amides is 1. The fourth-order valence-corrected chi connectivity index (χ4v) is 2.57. The lowest BCUT2D eigenvalue weighted by molar-refractivity contribution is -0.139. The van der Waals surface area contributed by atoms with Gasteiger partial charge in [-0.15, -0.1) is 0 Å². The highest BCUT2D eigenvalue weighted by atomic mass is 19.2. The smallest absolute Gasteiger partial charge is 0.239 e. The van der Waals surface area contributed by atoms with Crippen LogP contribution in [0.1, 0.15) is 13.3 Å². The van der Waals surface area contributed by atoms with Gasteiger partial charge in [0.1, 0.15) is 12.3 Å². The summed E-state index contributed by atoms with van der Waals surface area (Å²) in [7, 11) is 0. The van der Waals surface area contributed by atoms with Gasteiger partial charge in [0, 0.05) is 32.7 Å². The van der Waals surface area contributed by atoms with Crippen LogP contribution in [0.4, 0.5) is 8.78 Å². The molecule has 18 heavy (non-hydrogen) atoms. The Balaban J connectivity index is 1.89. The summed E-state index contributed by atoms with van der Waals surface area (Å²) in [6.45, 7) is 5.47. The molecule has 2 saturated heterocycles. The first-order valence-corrected chi connectivity index (χ1v) is 6.61. The number of piperazine rings is 1. The Morgan fingerprint density at radius 1 is 1.22 bits per heavy atom. The van der Waals surface area contributed by atoms with E-state index >= 15 is 0 Å². The first kappa shape index (κ1) is 13.7. The Morgan fingerprint density at radius 2 is 1.89 bits per heavy atom. The molecule has 0 aliphatic carbocycles. The molecular formula is C12H21F2N3O. The Morgan fingerprint density at radius 3 is 2.50 bits per heavy atom. The number of rotatable bonds is 2. The van der Waals surface area contributed by atoms with Crippen molar-refractivity contribution in [3.8, 4) is 0 Å². The van der Waals surface area contributed by atoms with E-state index in [1.54, 1.807) is 0 Å². The Labute approximate surface area is 106 Å². The summed E-state index contributed by atoms with van der Waals surface area (Å²) in [5.74, 6) is -0.0774. The van der Waals surface area contributed by atoms with Crippen LogP contribution in [-0.4, -0.2) is 73.4 Å². The molecule has 0 radical (unpaired) electrons. The first-order valence-electron chi connectivity index (χ1n) is 6.61. The number of nitrogens with one attached hydrogen (secondary N) is 1. The van der Waals surface area contributed by atoms with Gasteiger partial charge in [-0.05, 0) is 13.3 Å². The molecule has 0 bridgehead atoms. The first-order chi connectivity index (χ1) is 8.59. The van der Waals surface area contributed by atoms with Crippen LogP contribution in [-0.2, 0) is 4.79 Å². The van der Waals surface area contributed by atoms with Gasteiger partial charge in [0.15, 0.2) is 0 Å². The molecule has 2 rings (SSSR count). The van der Waals surface area contributed by atoms with E-state index in [-0.39, 0.29) is 24.9 Å². The molecule has 2 aliphatic rings. The summed E-state index contributed by atoms with van der Waals surface area (Å²) in [4.78, 5) is 15.8. The number of carbonyl (C=O) groups excluding carboxylic acids is 1. The molecular weight excluding hydrogens is 240 g/mol. The van der Waals surface area contributed by atoms with Crippen molar-refractivity contribution >= 4 is 5.91 Å². The number of piperidine rings is 1. The number of carbonyl (C=O) groups is 1. The highest BCUT2D eigenvalue weighted by molar-refractivity contribution is 5.81. The fraction of sp³-hybridized carbons (Fsp3) is 0.917. The Bertz CT molecular complexity index is 293. The van der Waals surface area contributed by atoms with Gasteiger partial charge in [0.25, 0.3) is 0 Å². The fourth-order valence-electron chi connectivity index (χ4n) is 2.57. The van der Waals surface area contributed by atoms with Gasteiger partial charge in [0.05, 0.1) is 12.6 Å². The zero-order valence-electron chi connectivity index (χ0n) is 10.7. The van der Waals surface area contributed by atoms with Gasteiger partial charge in [0.2, 0.25) is 5.91 Å². The zero-order chi connectivity index (χ0) is 13.1. The summed E-state index contributed by atoms with van der Waals surface area (Å²) >= 11 is 0. The summed E-state index contributed by atoms with van der Waals surface area (Å²) in [6, 6.07) is -0.240. The maximum absolute atomic E-state index is 13.3. The third-order valence-corrected chi connectivity index (χ3v) is 3.83. The molecule has 2 fully saturated rings. The summed E-state index contributed by atoms with van der Waals surface area (Å²) in [5, 5.41) is 3.22. The number of hydrogen-bond donors (Lipinski definition) is 1. The van der Waals surface area contributed by atoms with E-state index in [1.165, 1.54) is 4.90 Å². The molecule has 2 aliphatic heterocycles. The van der Waals surface area contributed by atoms with Crippen LogP contribution < -0.4 is 5.32 Å². The minimum Gasteiger partial charge on any atom is -0.338 e. The third kappa shape index (κ3) is 2.98. The Kier molecular flexibility index (Phi) is 4.50. The zero-order valence-corrected chi connectivity index (χ0v) is 10.7. The third-order valence-electron chi connectivity index (χ3n) is 3.83. The second-order valence-corrected chi connectivity index (χ2v) is 5.07. The number of hydrogen-bond acceptors (Lipinski definition) is 3. The number of likely N-dealkylation sites (tertiary alicyclic amines) is 1.